The second-order valence-electron chi connectivity index (χ2n) is 4.09. The van der Waals surface area contributed by atoms with Crippen LogP contribution in [0.15, 0.2) is 0 Å². The van der Waals surface area contributed by atoms with E-state index in [2.05, 4.69) is 5.32 Å². The number of aliphatic carboxylic acids is 1. The van der Waals surface area contributed by atoms with Crippen molar-refractivity contribution in [1.82, 2.24) is 5.32 Å². The zero-order valence-electron chi connectivity index (χ0n) is 9.98. The molecule has 2 N–H and O–H groups in total. The number of carbonyl (C=O) groups is 2. The largest absolute Gasteiger partial charge is 0.480 e. The highest BCUT2D eigenvalue weighted by Crippen LogP contribution is 2.11. The molecule has 1 heterocycles. The maximum Gasteiger partial charge on any atom is 0.325 e. The first-order chi connectivity index (χ1) is 8.09. The van der Waals surface area contributed by atoms with Crippen molar-refractivity contribution in [3.05, 3.63) is 0 Å². The van der Waals surface area contributed by atoms with E-state index in [4.69, 9.17) is 14.6 Å². The molecule has 1 saturated heterocycles. The summed E-state index contributed by atoms with van der Waals surface area (Å²) in [6.45, 7) is 3.00. The van der Waals surface area contributed by atoms with Crippen LogP contribution in [0.4, 0.5) is 0 Å². The first-order valence-electron chi connectivity index (χ1n) is 5.81. The van der Waals surface area contributed by atoms with Gasteiger partial charge in [-0.25, -0.2) is 0 Å². The molecule has 0 spiro atoms. The van der Waals surface area contributed by atoms with Crippen molar-refractivity contribution in [2.24, 2.45) is 0 Å². The number of hydrogen-bond acceptors (Lipinski definition) is 4. The quantitative estimate of drug-likeness (QED) is 0.624. The van der Waals surface area contributed by atoms with E-state index in [0.717, 1.165) is 19.4 Å². The van der Waals surface area contributed by atoms with Crippen LogP contribution < -0.4 is 5.32 Å². The van der Waals surface area contributed by atoms with Crippen molar-refractivity contribution in [1.29, 1.82) is 0 Å². The Kier molecular flexibility index (Phi) is 5.93. The Morgan fingerprint density at radius 1 is 1.59 bits per heavy atom. The van der Waals surface area contributed by atoms with E-state index >= 15 is 0 Å². The number of hydrogen-bond donors (Lipinski definition) is 2. The summed E-state index contributed by atoms with van der Waals surface area (Å²) in [5, 5.41) is 10.9. The van der Waals surface area contributed by atoms with E-state index in [-0.39, 0.29) is 25.0 Å². The SMILES string of the molecule is C[C@H](NC(=O)CCOCC1CCCO1)C(=O)O. The molecule has 1 aliphatic rings. The lowest BCUT2D eigenvalue weighted by atomic mass is 10.2. The minimum Gasteiger partial charge on any atom is -0.480 e. The molecule has 6 nitrogen and oxygen atoms in total. The topological polar surface area (TPSA) is 84.9 Å². The van der Waals surface area contributed by atoms with Gasteiger partial charge in [-0.1, -0.05) is 0 Å². The Labute approximate surface area is 100 Å². The fraction of sp³-hybridized carbons (Fsp3) is 0.818. The number of amides is 1. The second kappa shape index (κ2) is 7.24. The summed E-state index contributed by atoms with van der Waals surface area (Å²) < 4.78 is 10.6. The van der Waals surface area contributed by atoms with Gasteiger partial charge >= 0.3 is 5.97 Å². The van der Waals surface area contributed by atoms with Gasteiger partial charge in [0.25, 0.3) is 0 Å². The molecular weight excluding hydrogens is 226 g/mol. The standard InChI is InChI=1S/C11H19NO5/c1-8(11(14)15)12-10(13)4-6-16-7-9-3-2-5-17-9/h8-9H,2-7H2,1H3,(H,12,13)(H,14,15)/t8-,9?/m0/s1. The van der Waals surface area contributed by atoms with Crippen LogP contribution in [0.5, 0.6) is 0 Å². The third-order valence-corrected chi connectivity index (χ3v) is 2.55. The summed E-state index contributed by atoms with van der Waals surface area (Å²) in [7, 11) is 0. The van der Waals surface area contributed by atoms with Crippen LogP contribution in [0.3, 0.4) is 0 Å². The van der Waals surface area contributed by atoms with Crippen molar-refractivity contribution < 1.29 is 24.2 Å². The Morgan fingerprint density at radius 2 is 2.35 bits per heavy atom. The number of nitrogens with one attached hydrogen (secondary N) is 1. The summed E-state index contributed by atoms with van der Waals surface area (Å²) >= 11 is 0. The summed E-state index contributed by atoms with van der Waals surface area (Å²) in [5.74, 6) is -1.36. The minimum absolute atomic E-state index is 0.149. The third kappa shape index (κ3) is 5.65. The van der Waals surface area contributed by atoms with E-state index in [1.54, 1.807) is 0 Å². The van der Waals surface area contributed by atoms with Gasteiger partial charge in [0.15, 0.2) is 0 Å². The van der Waals surface area contributed by atoms with E-state index in [9.17, 15) is 9.59 Å². The van der Waals surface area contributed by atoms with Crippen LogP contribution in [0.1, 0.15) is 26.2 Å². The lowest BCUT2D eigenvalue weighted by Gasteiger charge is -2.11. The average Bonchev–Trinajstić information content (AvgIpc) is 2.77. The monoisotopic (exact) mass is 245 g/mol. The molecule has 0 saturated carbocycles. The molecule has 0 aromatic rings. The first-order valence-corrected chi connectivity index (χ1v) is 5.81. The van der Waals surface area contributed by atoms with Crippen molar-refractivity contribution in [3.63, 3.8) is 0 Å². The summed E-state index contributed by atoms with van der Waals surface area (Å²) in [5.41, 5.74) is 0. The molecule has 17 heavy (non-hydrogen) atoms. The van der Waals surface area contributed by atoms with Crippen LogP contribution in [-0.4, -0.2) is 48.9 Å². The molecule has 0 bridgehead atoms. The Bertz CT molecular complexity index is 263. The predicted octanol–water partition coefficient (Wildman–Crippen LogP) is 0.161. The summed E-state index contributed by atoms with van der Waals surface area (Å²) in [6.07, 6.45) is 2.38. The highest BCUT2D eigenvalue weighted by molar-refractivity contribution is 5.83. The molecule has 98 valence electrons. The maximum atomic E-state index is 11.3. The van der Waals surface area contributed by atoms with Crippen LogP contribution in [0, 0.1) is 0 Å². The smallest absolute Gasteiger partial charge is 0.325 e. The molecule has 0 aromatic heterocycles. The third-order valence-electron chi connectivity index (χ3n) is 2.55. The van der Waals surface area contributed by atoms with E-state index in [1.807, 2.05) is 0 Å². The van der Waals surface area contributed by atoms with Crippen molar-refractivity contribution in [3.8, 4) is 0 Å². The zero-order chi connectivity index (χ0) is 12.7. The number of carboxylic acids is 1. The highest BCUT2D eigenvalue weighted by Gasteiger charge is 2.16. The number of carbonyl (C=O) groups excluding carboxylic acids is 1. The van der Waals surface area contributed by atoms with E-state index < -0.39 is 12.0 Å². The van der Waals surface area contributed by atoms with Gasteiger partial charge in [0, 0.05) is 13.0 Å². The summed E-state index contributed by atoms with van der Waals surface area (Å²) in [6, 6.07) is -0.860. The molecule has 1 unspecified atom stereocenters. The van der Waals surface area contributed by atoms with E-state index in [1.165, 1.54) is 6.92 Å². The second-order valence-corrected chi connectivity index (χ2v) is 4.09. The van der Waals surface area contributed by atoms with Crippen molar-refractivity contribution in [2.45, 2.75) is 38.3 Å². The Balaban J connectivity index is 2.01. The van der Waals surface area contributed by atoms with Gasteiger partial charge < -0.3 is 19.9 Å². The van der Waals surface area contributed by atoms with Gasteiger partial charge in [-0.15, -0.1) is 0 Å². The van der Waals surface area contributed by atoms with Crippen LogP contribution in [0.25, 0.3) is 0 Å². The van der Waals surface area contributed by atoms with Crippen molar-refractivity contribution >= 4 is 11.9 Å². The van der Waals surface area contributed by atoms with Gasteiger partial charge in [-0.2, -0.15) is 0 Å². The highest BCUT2D eigenvalue weighted by atomic mass is 16.5. The molecule has 1 amide bonds. The van der Waals surface area contributed by atoms with Crippen LogP contribution in [-0.2, 0) is 19.1 Å². The van der Waals surface area contributed by atoms with Crippen LogP contribution >= 0.6 is 0 Å². The van der Waals surface area contributed by atoms with Gasteiger partial charge in [0.1, 0.15) is 6.04 Å². The fourth-order valence-corrected chi connectivity index (χ4v) is 1.53. The lowest BCUT2D eigenvalue weighted by Crippen LogP contribution is -2.38. The Hall–Kier alpha value is -1.14. The maximum absolute atomic E-state index is 11.3. The fourth-order valence-electron chi connectivity index (χ4n) is 1.53. The number of rotatable bonds is 7. The minimum atomic E-state index is -1.04. The first kappa shape index (κ1) is 13.9. The van der Waals surface area contributed by atoms with Crippen LogP contribution in [0.2, 0.25) is 0 Å². The molecule has 2 atom stereocenters. The average molecular weight is 245 g/mol. The number of ether oxygens (including phenoxy) is 2. The Morgan fingerprint density at radius 3 is 2.94 bits per heavy atom. The molecule has 0 aliphatic carbocycles. The molecule has 1 aliphatic heterocycles. The lowest BCUT2D eigenvalue weighted by molar-refractivity contribution is -0.141. The molecule has 1 rings (SSSR count). The summed E-state index contributed by atoms with van der Waals surface area (Å²) in [4.78, 5) is 21.7. The number of carboxylic acid groups (broad SMARTS) is 1. The molecule has 6 heteroatoms. The normalized spacial score (nSPS) is 21.1. The predicted molar refractivity (Wildman–Crippen MR) is 59.7 cm³/mol. The molecule has 1 fully saturated rings. The van der Waals surface area contributed by atoms with Gasteiger partial charge in [0.05, 0.1) is 19.3 Å². The molecule has 0 aromatic carbocycles. The molecular formula is C11H19NO5. The zero-order valence-corrected chi connectivity index (χ0v) is 9.98. The van der Waals surface area contributed by atoms with E-state index in [0.29, 0.717) is 6.61 Å². The molecule has 0 radical (unpaired) electrons. The van der Waals surface area contributed by atoms with Crippen molar-refractivity contribution in [2.75, 3.05) is 19.8 Å². The van der Waals surface area contributed by atoms with Gasteiger partial charge in [0.2, 0.25) is 5.91 Å². The van der Waals surface area contributed by atoms with Gasteiger partial charge in [-0.3, -0.25) is 9.59 Å². The van der Waals surface area contributed by atoms with Gasteiger partial charge in [-0.05, 0) is 19.8 Å².